The molecule has 106 valence electrons. The molecule has 0 atom stereocenters. The van der Waals surface area contributed by atoms with E-state index in [1.165, 1.54) is 0 Å². The molecule has 0 saturated carbocycles. The fourth-order valence-corrected chi connectivity index (χ4v) is 2.50. The number of carbonyl (C=O) groups is 1. The molecular formula is C16H15N3O2. The first kappa shape index (κ1) is 13.3. The van der Waals surface area contributed by atoms with Gasteiger partial charge in [-0.15, -0.1) is 0 Å². The van der Waals surface area contributed by atoms with E-state index in [4.69, 9.17) is 5.11 Å². The Balaban J connectivity index is 2.28. The summed E-state index contributed by atoms with van der Waals surface area (Å²) >= 11 is 0. The first-order chi connectivity index (χ1) is 10.1. The van der Waals surface area contributed by atoms with Crippen LogP contribution in [0.4, 0.5) is 0 Å². The summed E-state index contributed by atoms with van der Waals surface area (Å²) in [6, 6.07) is 11.4. The van der Waals surface area contributed by atoms with Gasteiger partial charge in [0.2, 0.25) is 0 Å². The Morgan fingerprint density at radius 3 is 2.62 bits per heavy atom. The van der Waals surface area contributed by atoms with Crippen molar-refractivity contribution in [2.24, 2.45) is 0 Å². The lowest BCUT2D eigenvalue weighted by molar-refractivity contribution is -0.137. The summed E-state index contributed by atoms with van der Waals surface area (Å²) < 4.78 is 1.72. The zero-order valence-electron chi connectivity index (χ0n) is 11.9. The highest BCUT2D eigenvalue weighted by molar-refractivity contribution is 5.83. The Hall–Kier alpha value is -2.69. The second-order valence-electron chi connectivity index (χ2n) is 4.99. The average Bonchev–Trinajstić information content (AvgIpc) is 2.77. The summed E-state index contributed by atoms with van der Waals surface area (Å²) in [5.41, 5.74) is 4.23. The number of imidazole rings is 1. The number of pyridine rings is 1. The van der Waals surface area contributed by atoms with Gasteiger partial charge in [-0.25, -0.2) is 4.98 Å². The SMILES string of the molecule is Cc1ccc(-c2nc3ccccc3n2CC(=O)O)c(C)n1. The molecule has 3 aromatic rings. The first-order valence-electron chi connectivity index (χ1n) is 6.68. The summed E-state index contributed by atoms with van der Waals surface area (Å²) in [5, 5.41) is 9.17. The number of aromatic nitrogens is 3. The maximum atomic E-state index is 11.2. The molecule has 0 bridgehead atoms. The number of benzene rings is 1. The van der Waals surface area contributed by atoms with Gasteiger partial charge < -0.3 is 9.67 Å². The molecular weight excluding hydrogens is 266 g/mol. The fraction of sp³-hybridized carbons (Fsp3) is 0.188. The highest BCUT2D eigenvalue weighted by Crippen LogP contribution is 2.26. The van der Waals surface area contributed by atoms with Crippen LogP contribution in [0.15, 0.2) is 36.4 Å². The van der Waals surface area contributed by atoms with Crippen LogP contribution in [0.1, 0.15) is 11.4 Å². The van der Waals surface area contributed by atoms with Crippen LogP contribution in [0.3, 0.4) is 0 Å². The molecule has 0 radical (unpaired) electrons. The molecule has 1 aromatic carbocycles. The van der Waals surface area contributed by atoms with Gasteiger partial charge in [0, 0.05) is 17.0 Å². The summed E-state index contributed by atoms with van der Waals surface area (Å²) in [6.45, 7) is 3.72. The summed E-state index contributed by atoms with van der Waals surface area (Å²) in [6.07, 6.45) is 0. The van der Waals surface area contributed by atoms with Crippen molar-refractivity contribution in [3.8, 4) is 11.4 Å². The van der Waals surface area contributed by atoms with Crippen molar-refractivity contribution >= 4 is 17.0 Å². The molecule has 0 amide bonds. The number of rotatable bonds is 3. The molecule has 0 fully saturated rings. The zero-order chi connectivity index (χ0) is 15.0. The third-order valence-corrected chi connectivity index (χ3v) is 3.41. The number of hydrogen-bond donors (Lipinski definition) is 1. The maximum Gasteiger partial charge on any atom is 0.323 e. The quantitative estimate of drug-likeness (QED) is 0.801. The van der Waals surface area contributed by atoms with Crippen molar-refractivity contribution in [2.75, 3.05) is 0 Å². The van der Waals surface area contributed by atoms with E-state index in [9.17, 15) is 4.79 Å². The van der Waals surface area contributed by atoms with Crippen molar-refractivity contribution < 1.29 is 9.90 Å². The lowest BCUT2D eigenvalue weighted by atomic mass is 10.1. The van der Waals surface area contributed by atoms with E-state index < -0.39 is 5.97 Å². The molecule has 0 unspecified atom stereocenters. The van der Waals surface area contributed by atoms with Crippen molar-refractivity contribution in [3.05, 3.63) is 47.8 Å². The highest BCUT2D eigenvalue weighted by Gasteiger charge is 2.16. The zero-order valence-corrected chi connectivity index (χ0v) is 11.9. The molecule has 5 heteroatoms. The molecule has 2 heterocycles. The molecule has 3 rings (SSSR count). The van der Waals surface area contributed by atoms with Crippen LogP contribution in [0, 0.1) is 13.8 Å². The van der Waals surface area contributed by atoms with Crippen LogP contribution >= 0.6 is 0 Å². The van der Waals surface area contributed by atoms with Crippen LogP contribution in [0.25, 0.3) is 22.4 Å². The third kappa shape index (κ3) is 2.38. The lowest BCUT2D eigenvalue weighted by Gasteiger charge is -2.09. The molecule has 0 saturated heterocycles. The van der Waals surface area contributed by atoms with Crippen LogP contribution in [0.5, 0.6) is 0 Å². The lowest BCUT2D eigenvalue weighted by Crippen LogP contribution is -2.10. The largest absolute Gasteiger partial charge is 0.480 e. The van der Waals surface area contributed by atoms with E-state index in [1.807, 2.05) is 50.2 Å². The van der Waals surface area contributed by atoms with E-state index in [2.05, 4.69) is 9.97 Å². The normalized spacial score (nSPS) is 11.0. The van der Waals surface area contributed by atoms with Gasteiger partial charge in [-0.1, -0.05) is 12.1 Å². The number of carboxylic acids is 1. The summed E-state index contributed by atoms with van der Waals surface area (Å²) in [4.78, 5) is 20.2. The Labute approximate surface area is 121 Å². The van der Waals surface area contributed by atoms with E-state index in [1.54, 1.807) is 4.57 Å². The Morgan fingerprint density at radius 2 is 1.90 bits per heavy atom. The minimum Gasteiger partial charge on any atom is -0.480 e. The Bertz CT molecular complexity index is 837. The van der Waals surface area contributed by atoms with E-state index in [0.29, 0.717) is 5.82 Å². The predicted molar refractivity (Wildman–Crippen MR) is 80.1 cm³/mol. The number of fused-ring (bicyclic) bond motifs is 1. The number of nitrogens with zero attached hydrogens (tertiary/aromatic N) is 3. The molecule has 0 aliphatic heterocycles. The van der Waals surface area contributed by atoms with Gasteiger partial charge in [0.05, 0.1) is 11.0 Å². The van der Waals surface area contributed by atoms with Gasteiger partial charge in [-0.3, -0.25) is 9.78 Å². The standard InChI is InChI=1S/C16H15N3O2/c1-10-7-8-12(11(2)17-10)16-18-13-5-3-4-6-14(13)19(16)9-15(20)21/h3-8H,9H2,1-2H3,(H,20,21). The number of hydrogen-bond acceptors (Lipinski definition) is 3. The predicted octanol–water partition coefficient (Wildman–Crippen LogP) is 2.80. The van der Waals surface area contributed by atoms with Crippen LogP contribution in [-0.4, -0.2) is 25.6 Å². The number of aliphatic carboxylic acids is 1. The average molecular weight is 281 g/mol. The summed E-state index contributed by atoms with van der Waals surface area (Å²) in [5.74, 6) is -0.249. The van der Waals surface area contributed by atoms with Gasteiger partial charge in [0.15, 0.2) is 0 Å². The van der Waals surface area contributed by atoms with Crippen LogP contribution < -0.4 is 0 Å². The van der Waals surface area contributed by atoms with E-state index in [-0.39, 0.29) is 6.54 Å². The van der Waals surface area contributed by atoms with Gasteiger partial charge >= 0.3 is 5.97 Å². The minimum atomic E-state index is -0.892. The van der Waals surface area contributed by atoms with Gasteiger partial charge in [0.1, 0.15) is 12.4 Å². The molecule has 2 aromatic heterocycles. The van der Waals surface area contributed by atoms with E-state index >= 15 is 0 Å². The van der Waals surface area contributed by atoms with Gasteiger partial charge in [0.25, 0.3) is 0 Å². The van der Waals surface area contributed by atoms with Crippen LogP contribution in [-0.2, 0) is 11.3 Å². The number of carboxylic acid groups (broad SMARTS) is 1. The minimum absolute atomic E-state index is 0.122. The second kappa shape index (κ2) is 5.01. The molecule has 5 nitrogen and oxygen atoms in total. The third-order valence-electron chi connectivity index (χ3n) is 3.41. The molecule has 0 aliphatic rings. The molecule has 1 N–H and O–H groups in total. The molecule has 0 spiro atoms. The van der Waals surface area contributed by atoms with Gasteiger partial charge in [-0.05, 0) is 38.1 Å². The van der Waals surface area contributed by atoms with Crippen molar-refractivity contribution in [1.29, 1.82) is 0 Å². The van der Waals surface area contributed by atoms with Gasteiger partial charge in [-0.2, -0.15) is 0 Å². The van der Waals surface area contributed by atoms with Crippen molar-refractivity contribution in [3.63, 3.8) is 0 Å². The molecule has 0 aliphatic carbocycles. The topological polar surface area (TPSA) is 68.0 Å². The van der Waals surface area contributed by atoms with Crippen molar-refractivity contribution in [2.45, 2.75) is 20.4 Å². The monoisotopic (exact) mass is 281 g/mol. The Kier molecular flexibility index (Phi) is 3.17. The van der Waals surface area contributed by atoms with E-state index in [0.717, 1.165) is 28.0 Å². The summed E-state index contributed by atoms with van der Waals surface area (Å²) in [7, 11) is 0. The maximum absolute atomic E-state index is 11.2. The second-order valence-corrected chi connectivity index (χ2v) is 4.99. The highest BCUT2D eigenvalue weighted by atomic mass is 16.4. The smallest absolute Gasteiger partial charge is 0.323 e. The van der Waals surface area contributed by atoms with Crippen LogP contribution in [0.2, 0.25) is 0 Å². The number of para-hydroxylation sites is 2. The molecule has 21 heavy (non-hydrogen) atoms. The Morgan fingerprint density at radius 1 is 1.14 bits per heavy atom. The first-order valence-corrected chi connectivity index (χ1v) is 6.68. The van der Waals surface area contributed by atoms with Crippen molar-refractivity contribution in [1.82, 2.24) is 14.5 Å². The fourth-order valence-electron chi connectivity index (χ4n) is 2.50. The number of aryl methyl sites for hydroxylation is 2.